The molecule has 0 amide bonds. The van der Waals surface area contributed by atoms with Gasteiger partial charge in [-0.05, 0) is 12.8 Å². The first kappa shape index (κ1) is 17.1. The highest BCUT2D eigenvalue weighted by atomic mass is 16.5. The Morgan fingerprint density at radius 2 is 1.65 bits per heavy atom. The van der Waals surface area contributed by atoms with Gasteiger partial charge in [0.25, 0.3) is 0 Å². The van der Waals surface area contributed by atoms with Crippen LogP contribution in [0.4, 0.5) is 0 Å². The molecule has 1 unspecified atom stereocenters. The van der Waals surface area contributed by atoms with Crippen LogP contribution in [0.25, 0.3) is 0 Å². The molecular formula is C17H32N2O. The van der Waals surface area contributed by atoms with Gasteiger partial charge in [0.05, 0.1) is 13.3 Å². The lowest BCUT2D eigenvalue weighted by Crippen LogP contribution is -2.24. The summed E-state index contributed by atoms with van der Waals surface area (Å²) in [5.74, 6) is 1.80. The highest BCUT2D eigenvalue weighted by molar-refractivity contribution is 5.14. The van der Waals surface area contributed by atoms with Crippen LogP contribution in [0.1, 0.15) is 84.4 Å². The van der Waals surface area contributed by atoms with Crippen LogP contribution >= 0.6 is 0 Å². The molecule has 0 aromatic carbocycles. The molecule has 0 spiro atoms. The average molecular weight is 280 g/mol. The van der Waals surface area contributed by atoms with Gasteiger partial charge in [-0.3, -0.25) is 0 Å². The van der Waals surface area contributed by atoms with Gasteiger partial charge < -0.3 is 9.72 Å². The Kier molecular flexibility index (Phi) is 7.71. The summed E-state index contributed by atoms with van der Waals surface area (Å²) in [6, 6.07) is 0. The third-order valence-corrected chi connectivity index (χ3v) is 4.25. The van der Waals surface area contributed by atoms with Crippen LogP contribution in [0.15, 0.2) is 6.20 Å². The highest BCUT2D eigenvalue weighted by Gasteiger charge is 2.29. The maximum atomic E-state index is 5.22. The molecule has 3 nitrogen and oxygen atoms in total. The fourth-order valence-corrected chi connectivity index (χ4v) is 2.79. The molecule has 0 saturated heterocycles. The number of H-pyrrole nitrogens is 1. The Morgan fingerprint density at radius 1 is 1.05 bits per heavy atom. The largest absolute Gasteiger partial charge is 0.480 e. The molecule has 0 aliphatic heterocycles. The zero-order chi connectivity index (χ0) is 14.8. The van der Waals surface area contributed by atoms with E-state index in [4.69, 9.17) is 4.74 Å². The first-order valence-corrected chi connectivity index (χ1v) is 8.26. The summed E-state index contributed by atoms with van der Waals surface area (Å²) < 4.78 is 5.22. The van der Waals surface area contributed by atoms with Crippen molar-refractivity contribution in [3.05, 3.63) is 12.0 Å². The van der Waals surface area contributed by atoms with Gasteiger partial charge >= 0.3 is 0 Å². The third kappa shape index (κ3) is 5.18. The summed E-state index contributed by atoms with van der Waals surface area (Å²) >= 11 is 0. The third-order valence-electron chi connectivity index (χ3n) is 4.25. The van der Waals surface area contributed by atoms with E-state index in [9.17, 15) is 0 Å². The van der Waals surface area contributed by atoms with Gasteiger partial charge in [-0.25, -0.2) is 0 Å². The average Bonchev–Trinajstić information content (AvgIpc) is 2.94. The quantitative estimate of drug-likeness (QED) is 0.564. The minimum absolute atomic E-state index is 0.166. The van der Waals surface area contributed by atoms with Crippen LogP contribution in [-0.4, -0.2) is 17.1 Å². The van der Waals surface area contributed by atoms with Crippen LogP contribution < -0.4 is 4.74 Å². The number of ether oxygens (including phenoxy) is 1. The highest BCUT2D eigenvalue weighted by Crippen LogP contribution is 2.34. The molecule has 116 valence electrons. The fraction of sp³-hybridized carbons (Fsp3) is 0.824. The van der Waals surface area contributed by atoms with E-state index in [1.54, 1.807) is 7.11 Å². The monoisotopic (exact) mass is 280 g/mol. The van der Waals surface area contributed by atoms with Crippen molar-refractivity contribution in [1.82, 2.24) is 9.97 Å². The SMILES string of the molecule is CCCCCCC(C)(CCCCC)c1nc(OC)c[nH]1. The summed E-state index contributed by atoms with van der Waals surface area (Å²) in [5.41, 5.74) is 0.166. The number of methoxy groups -OCH3 is 1. The van der Waals surface area contributed by atoms with E-state index in [-0.39, 0.29) is 5.41 Å². The van der Waals surface area contributed by atoms with Crippen molar-refractivity contribution < 1.29 is 4.74 Å². The van der Waals surface area contributed by atoms with Crippen molar-refractivity contribution in [3.8, 4) is 5.88 Å². The number of unbranched alkanes of at least 4 members (excludes halogenated alkanes) is 5. The Labute approximate surface area is 124 Å². The van der Waals surface area contributed by atoms with Crippen molar-refractivity contribution in [2.45, 2.75) is 84.0 Å². The summed E-state index contributed by atoms with van der Waals surface area (Å²) in [5, 5.41) is 0. The molecule has 0 radical (unpaired) electrons. The van der Waals surface area contributed by atoms with Gasteiger partial charge in [0.1, 0.15) is 5.82 Å². The van der Waals surface area contributed by atoms with Crippen molar-refractivity contribution in [3.63, 3.8) is 0 Å². The maximum absolute atomic E-state index is 5.22. The molecule has 0 bridgehead atoms. The summed E-state index contributed by atoms with van der Waals surface area (Å²) in [4.78, 5) is 7.93. The molecule has 0 aliphatic rings. The number of hydrogen-bond acceptors (Lipinski definition) is 2. The van der Waals surface area contributed by atoms with E-state index in [0.717, 1.165) is 5.82 Å². The molecule has 1 rings (SSSR count). The predicted octanol–water partition coefficient (Wildman–Crippen LogP) is 5.23. The van der Waals surface area contributed by atoms with E-state index in [1.807, 2.05) is 6.20 Å². The van der Waals surface area contributed by atoms with Gasteiger partial charge in [-0.2, -0.15) is 4.98 Å². The van der Waals surface area contributed by atoms with Gasteiger partial charge in [0.15, 0.2) is 0 Å². The van der Waals surface area contributed by atoms with Gasteiger partial charge in [0.2, 0.25) is 5.88 Å². The molecule has 1 aromatic heterocycles. The van der Waals surface area contributed by atoms with Crippen LogP contribution in [0.5, 0.6) is 5.88 Å². The van der Waals surface area contributed by atoms with Gasteiger partial charge in [0, 0.05) is 5.41 Å². The normalized spacial score (nSPS) is 14.2. The minimum Gasteiger partial charge on any atom is -0.480 e. The smallest absolute Gasteiger partial charge is 0.231 e. The summed E-state index contributed by atoms with van der Waals surface area (Å²) in [6.07, 6.45) is 13.4. The Balaban J connectivity index is 2.66. The van der Waals surface area contributed by atoms with Crippen molar-refractivity contribution in [2.75, 3.05) is 7.11 Å². The molecule has 1 atom stereocenters. The minimum atomic E-state index is 0.166. The first-order valence-electron chi connectivity index (χ1n) is 8.26. The van der Waals surface area contributed by atoms with E-state index in [2.05, 4.69) is 30.7 Å². The molecular weight excluding hydrogens is 248 g/mol. The Bertz CT molecular complexity index is 362. The molecule has 1 N–H and O–H groups in total. The number of hydrogen-bond donors (Lipinski definition) is 1. The van der Waals surface area contributed by atoms with Gasteiger partial charge in [-0.1, -0.05) is 65.7 Å². The molecule has 3 heteroatoms. The van der Waals surface area contributed by atoms with E-state index in [1.165, 1.54) is 57.8 Å². The maximum Gasteiger partial charge on any atom is 0.231 e. The molecule has 0 fully saturated rings. The van der Waals surface area contributed by atoms with Crippen LogP contribution in [0.3, 0.4) is 0 Å². The number of nitrogens with one attached hydrogen (secondary N) is 1. The Hall–Kier alpha value is -0.990. The lowest BCUT2D eigenvalue weighted by Gasteiger charge is -2.27. The summed E-state index contributed by atoms with van der Waals surface area (Å²) in [7, 11) is 1.68. The Morgan fingerprint density at radius 3 is 2.20 bits per heavy atom. The number of aromatic nitrogens is 2. The zero-order valence-electron chi connectivity index (χ0n) is 13.8. The van der Waals surface area contributed by atoms with Crippen molar-refractivity contribution >= 4 is 0 Å². The lowest BCUT2D eigenvalue weighted by molar-refractivity contribution is 0.344. The predicted molar refractivity (Wildman–Crippen MR) is 85.4 cm³/mol. The molecule has 20 heavy (non-hydrogen) atoms. The number of rotatable bonds is 11. The zero-order valence-corrected chi connectivity index (χ0v) is 13.8. The van der Waals surface area contributed by atoms with Crippen LogP contribution in [0, 0.1) is 0 Å². The van der Waals surface area contributed by atoms with Crippen molar-refractivity contribution in [2.24, 2.45) is 0 Å². The van der Waals surface area contributed by atoms with E-state index < -0.39 is 0 Å². The van der Waals surface area contributed by atoms with E-state index >= 15 is 0 Å². The second kappa shape index (κ2) is 9.04. The second-order valence-electron chi connectivity index (χ2n) is 6.12. The van der Waals surface area contributed by atoms with E-state index in [0.29, 0.717) is 5.88 Å². The number of aromatic amines is 1. The van der Waals surface area contributed by atoms with Crippen LogP contribution in [-0.2, 0) is 5.41 Å². The molecule has 0 saturated carbocycles. The van der Waals surface area contributed by atoms with Crippen molar-refractivity contribution in [1.29, 1.82) is 0 Å². The fourth-order valence-electron chi connectivity index (χ4n) is 2.79. The number of imidazole rings is 1. The number of nitrogens with zero attached hydrogens (tertiary/aromatic N) is 1. The topological polar surface area (TPSA) is 37.9 Å². The van der Waals surface area contributed by atoms with Crippen LogP contribution in [0.2, 0.25) is 0 Å². The second-order valence-corrected chi connectivity index (χ2v) is 6.12. The van der Waals surface area contributed by atoms with Gasteiger partial charge in [-0.15, -0.1) is 0 Å². The standard InChI is InChI=1S/C17H32N2O/c1-5-7-9-11-13-17(3,12-10-8-6-2)16-18-14-15(19-16)20-4/h14H,5-13H2,1-4H3,(H,18,19). The summed E-state index contributed by atoms with van der Waals surface area (Å²) in [6.45, 7) is 6.87. The molecule has 1 aromatic rings. The molecule has 0 aliphatic carbocycles. The molecule has 1 heterocycles. The lowest BCUT2D eigenvalue weighted by atomic mass is 9.79. The first-order chi connectivity index (χ1) is 9.66.